The molecule has 0 aromatic heterocycles. The maximum absolute atomic E-state index is 13.7. The summed E-state index contributed by atoms with van der Waals surface area (Å²) in [5.41, 5.74) is 1.17. The third-order valence-electron chi connectivity index (χ3n) is 4.45. The van der Waals surface area contributed by atoms with Crippen LogP contribution in [-0.4, -0.2) is 51.8 Å². The summed E-state index contributed by atoms with van der Waals surface area (Å²) in [6.07, 6.45) is -9.63. The normalized spacial score (nSPS) is 18.1. The van der Waals surface area contributed by atoms with E-state index in [4.69, 9.17) is 19.1 Å². The predicted octanol–water partition coefficient (Wildman–Crippen LogP) is 4.69. The molecule has 0 saturated carbocycles. The molecule has 1 aliphatic heterocycles. The van der Waals surface area contributed by atoms with Crippen molar-refractivity contribution in [2.24, 2.45) is 0 Å². The van der Waals surface area contributed by atoms with E-state index in [0.29, 0.717) is 6.08 Å². The molecule has 0 radical (unpaired) electrons. The minimum absolute atomic E-state index is 0.0291. The van der Waals surface area contributed by atoms with Gasteiger partial charge in [-0.2, -0.15) is 13.2 Å². The van der Waals surface area contributed by atoms with Gasteiger partial charge < -0.3 is 9.47 Å². The summed E-state index contributed by atoms with van der Waals surface area (Å²) in [5, 5.41) is 0. The summed E-state index contributed by atoms with van der Waals surface area (Å²) in [6.45, 7) is 0.151. The van der Waals surface area contributed by atoms with Crippen LogP contribution in [0.5, 0.6) is 5.75 Å². The Labute approximate surface area is 199 Å². The Morgan fingerprint density at radius 3 is 2.06 bits per heavy atom. The minimum atomic E-state index is -10.2. The lowest BCUT2D eigenvalue weighted by Gasteiger charge is -2.41. The van der Waals surface area contributed by atoms with Crippen molar-refractivity contribution >= 4 is 22.3 Å². The summed E-state index contributed by atoms with van der Waals surface area (Å²) in [4.78, 5) is 28.6. The van der Waals surface area contributed by atoms with Crippen molar-refractivity contribution in [2.45, 2.75) is 36.6 Å². The Bertz CT molecular complexity index is 979. The van der Waals surface area contributed by atoms with Crippen molar-refractivity contribution in [1.29, 1.82) is 0 Å². The average molecular weight is 562 g/mol. The highest BCUT2D eigenvalue weighted by Crippen LogP contribution is 3.02. The van der Waals surface area contributed by atoms with Gasteiger partial charge in [-0.3, -0.25) is 19.4 Å². The van der Waals surface area contributed by atoms with Gasteiger partial charge >= 0.3 is 22.4 Å². The van der Waals surface area contributed by atoms with Gasteiger partial charge in [0.2, 0.25) is 6.10 Å². The molecule has 36 heavy (non-hydrogen) atoms. The first-order chi connectivity index (χ1) is 16.4. The monoisotopic (exact) mass is 562 g/mol. The third-order valence-corrected chi connectivity index (χ3v) is 5.58. The number of alkyl halides is 3. The number of nitrogens with one attached hydrogen (secondary N) is 2. The number of esters is 1. The summed E-state index contributed by atoms with van der Waals surface area (Å²) < 4.78 is 118. The van der Waals surface area contributed by atoms with E-state index >= 15 is 0 Å². The van der Waals surface area contributed by atoms with Gasteiger partial charge in [-0.05, 0) is 30.2 Å². The third kappa shape index (κ3) is 7.89. The number of hydrogen-bond donors (Lipinski definition) is 2. The van der Waals surface area contributed by atoms with Crippen LogP contribution >= 0.6 is 10.2 Å². The zero-order chi connectivity index (χ0) is 27.4. The molecular formula is C18H22F8N2O7S. The zero-order valence-electron chi connectivity index (χ0n) is 18.8. The maximum Gasteiger partial charge on any atom is 0.430 e. The van der Waals surface area contributed by atoms with Crippen LogP contribution in [-0.2, 0) is 35.3 Å². The molecule has 1 heterocycles. The molecule has 2 N–H and O–H groups in total. The Kier molecular flexibility index (Phi) is 8.56. The molecule has 1 aliphatic rings. The topological polar surface area (TPSA) is 96.5 Å². The van der Waals surface area contributed by atoms with Crippen LogP contribution in [0, 0.1) is 0 Å². The average Bonchev–Trinajstić information content (AvgIpc) is 2.75. The zero-order valence-corrected chi connectivity index (χ0v) is 19.6. The van der Waals surface area contributed by atoms with Crippen molar-refractivity contribution in [3.63, 3.8) is 0 Å². The number of fused-ring (bicyclic) bond motifs is 1. The van der Waals surface area contributed by atoms with Crippen LogP contribution in [0.25, 0.3) is 6.08 Å². The minimum Gasteiger partial charge on any atom is -0.475 e. The molecule has 1 aromatic carbocycles. The first-order valence-electron chi connectivity index (χ1n) is 9.77. The number of ether oxygens (including phenoxy) is 2. The fourth-order valence-corrected chi connectivity index (χ4v) is 3.68. The van der Waals surface area contributed by atoms with E-state index in [9.17, 15) is 37.4 Å². The number of aryl methyl sites for hydroxylation is 1. The van der Waals surface area contributed by atoms with Gasteiger partial charge in [0, 0.05) is 5.56 Å². The quantitative estimate of drug-likeness (QED) is 0.163. The van der Waals surface area contributed by atoms with Crippen molar-refractivity contribution in [1.82, 2.24) is 11.3 Å². The SMILES string of the molecule is CCc1cc(S(F)(F)(F)(F)F)cc2c1OC(C(F)(F)F)C(C(=O)OC(CONOC)CONOC)=C2. The molecule has 0 bridgehead atoms. The van der Waals surface area contributed by atoms with Crippen molar-refractivity contribution in [3.8, 4) is 5.75 Å². The van der Waals surface area contributed by atoms with E-state index in [0.717, 1.165) is 14.2 Å². The van der Waals surface area contributed by atoms with Crippen molar-refractivity contribution in [3.05, 3.63) is 28.8 Å². The molecule has 18 heteroatoms. The number of carbonyl (C=O) groups is 1. The van der Waals surface area contributed by atoms with E-state index in [1.165, 1.54) is 6.92 Å². The first-order valence-corrected chi connectivity index (χ1v) is 11.7. The van der Waals surface area contributed by atoms with Gasteiger partial charge in [-0.25, -0.2) is 4.79 Å². The lowest BCUT2D eigenvalue weighted by Crippen LogP contribution is -2.42. The highest BCUT2D eigenvalue weighted by atomic mass is 32.5. The van der Waals surface area contributed by atoms with Crippen molar-refractivity contribution in [2.75, 3.05) is 27.4 Å². The molecule has 1 aromatic rings. The highest BCUT2D eigenvalue weighted by Gasteiger charge is 2.66. The predicted molar refractivity (Wildman–Crippen MR) is 108 cm³/mol. The molecule has 1 unspecified atom stereocenters. The Morgan fingerprint density at radius 1 is 1.06 bits per heavy atom. The molecule has 9 nitrogen and oxygen atoms in total. The highest BCUT2D eigenvalue weighted by molar-refractivity contribution is 8.45. The molecule has 208 valence electrons. The Hall–Kier alpha value is -2.22. The van der Waals surface area contributed by atoms with E-state index in [-0.39, 0.29) is 18.6 Å². The van der Waals surface area contributed by atoms with Crippen LogP contribution in [0.3, 0.4) is 0 Å². The molecule has 1 atom stereocenters. The number of benzene rings is 1. The summed E-state index contributed by atoms with van der Waals surface area (Å²) in [6, 6.07) is -0.0497. The van der Waals surface area contributed by atoms with E-state index in [1.54, 1.807) is 0 Å². The summed E-state index contributed by atoms with van der Waals surface area (Å²) in [7, 11) is -7.91. The lowest BCUT2D eigenvalue weighted by atomic mass is 9.98. The lowest BCUT2D eigenvalue weighted by molar-refractivity contribution is -0.209. The fourth-order valence-electron chi connectivity index (χ4n) is 2.96. The molecule has 0 saturated heterocycles. The van der Waals surface area contributed by atoms with Gasteiger partial charge in [0.25, 0.3) is 0 Å². The van der Waals surface area contributed by atoms with Gasteiger partial charge in [0.05, 0.1) is 19.8 Å². The number of carbonyl (C=O) groups excluding carboxylic acids is 1. The van der Waals surface area contributed by atoms with E-state index in [1.807, 2.05) is 11.3 Å². The Balaban J connectivity index is 2.52. The van der Waals surface area contributed by atoms with Crippen LogP contribution < -0.4 is 16.0 Å². The number of halogens is 8. The standard InChI is InChI=1S/C18H22F8N2O7S/c1-4-10-5-13(36(22,23,24,25)26)6-11-7-14(16(18(19,20)21)35-15(10)11)17(29)34-12(8-32-27-30-2)9-33-28-31-3/h5-7,12,16,27-28H,4,8-9H2,1-3H3. The summed E-state index contributed by atoms with van der Waals surface area (Å²) in [5.74, 6) is -2.41. The number of rotatable bonds is 12. The second-order valence-corrected chi connectivity index (χ2v) is 9.60. The molecular weight excluding hydrogens is 540 g/mol. The van der Waals surface area contributed by atoms with Gasteiger partial charge in [0.1, 0.15) is 23.9 Å². The van der Waals surface area contributed by atoms with Gasteiger partial charge in [-0.15, -0.1) is 0 Å². The molecule has 0 fully saturated rings. The van der Waals surface area contributed by atoms with Crippen molar-refractivity contribution < 1.29 is 66.2 Å². The molecule has 0 spiro atoms. The summed E-state index contributed by atoms with van der Waals surface area (Å²) >= 11 is 0. The second-order valence-electron chi connectivity index (χ2n) is 7.19. The molecule has 2 rings (SSSR count). The fraction of sp³-hybridized carbons (Fsp3) is 0.500. The Morgan fingerprint density at radius 2 is 1.61 bits per heavy atom. The van der Waals surface area contributed by atoms with Crippen LogP contribution in [0.4, 0.5) is 32.6 Å². The first kappa shape index (κ1) is 30.0. The van der Waals surface area contributed by atoms with Gasteiger partial charge in [-0.1, -0.05) is 37.6 Å². The van der Waals surface area contributed by atoms with Crippen LogP contribution in [0.1, 0.15) is 18.1 Å². The van der Waals surface area contributed by atoms with E-state index in [2.05, 4.69) is 9.68 Å². The van der Waals surface area contributed by atoms with Crippen LogP contribution in [0.15, 0.2) is 22.6 Å². The maximum atomic E-state index is 13.7. The smallest absolute Gasteiger partial charge is 0.430 e. The molecule has 0 amide bonds. The molecule has 0 aliphatic carbocycles. The second kappa shape index (κ2) is 10.3. The van der Waals surface area contributed by atoms with Gasteiger partial charge in [0.15, 0.2) is 6.10 Å². The van der Waals surface area contributed by atoms with Crippen LogP contribution in [0.2, 0.25) is 0 Å². The van der Waals surface area contributed by atoms with E-state index < -0.39 is 75.1 Å². The largest absolute Gasteiger partial charge is 0.475 e. The number of hydrogen-bond acceptors (Lipinski definition) is 9.